The van der Waals surface area contributed by atoms with Gasteiger partial charge in [-0.15, -0.1) is 0 Å². The summed E-state index contributed by atoms with van der Waals surface area (Å²) in [7, 11) is 0. The van der Waals surface area contributed by atoms with Crippen molar-refractivity contribution in [3.8, 4) is 5.75 Å². The van der Waals surface area contributed by atoms with Crippen LogP contribution in [0.3, 0.4) is 0 Å². The summed E-state index contributed by atoms with van der Waals surface area (Å²) in [5.74, 6) is 0.539. The number of aliphatic hydroxyl groups excluding tert-OH is 3. The Morgan fingerprint density at radius 2 is 1.81 bits per heavy atom. The van der Waals surface area contributed by atoms with Crippen molar-refractivity contribution in [2.75, 3.05) is 6.61 Å². The molecule has 5 nitrogen and oxygen atoms in total. The van der Waals surface area contributed by atoms with Crippen molar-refractivity contribution >= 4 is 0 Å². The third kappa shape index (κ3) is 2.17. The molecule has 0 amide bonds. The first-order chi connectivity index (χ1) is 7.72. The van der Waals surface area contributed by atoms with E-state index in [1.54, 1.807) is 24.3 Å². The SMILES string of the molecule is OCC1OC(Oc2ccccc2)C(O)C1O. The Labute approximate surface area is 92.9 Å². The van der Waals surface area contributed by atoms with Crippen molar-refractivity contribution in [1.29, 1.82) is 0 Å². The Balaban J connectivity index is 2.01. The highest BCUT2D eigenvalue weighted by Gasteiger charge is 2.43. The molecule has 3 N–H and O–H groups in total. The maximum Gasteiger partial charge on any atom is 0.229 e. The number of aliphatic hydroxyl groups is 3. The predicted octanol–water partition coefficient (Wildman–Crippen LogP) is -0.496. The molecule has 1 heterocycles. The molecule has 0 aromatic heterocycles. The highest BCUT2D eigenvalue weighted by molar-refractivity contribution is 5.21. The summed E-state index contributed by atoms with van der Waals surface area (Å²) in [6, 6.07) is 8.85. The Bertz CT molecular complexity index is 328. The standard InChI is InChI=1S/C11H14O5/c12-6-8-9(13)10(14)11(16-8)15-7-4-2-1-3-5-7/h1-5,8-14H,6H2. The molecule has 0 saturated carbocycles. The van der Waals surface area contributed by atoms with Crippen molar-refractivity contribution in [3.05, 3.63) is 30.3 Å². The lowest BCUT2D eigenvalue weighted by Crippen LogP contribution is -2.35. The summed E-state index contributed by atoms with van der Waals surface area (Å²) in [6.45, 7) is -0.354. The zero-order valence-corrected chi connectivity index (χ0v) is 8.56. The van der Waals surface area contributed by atoms with Crippen molar-refractivity contribution in [1.82, 2.24) is 0 Å². The molecule has 1 aliphatic rings. The van der Waals surface area contributed by atoms with Gasteiger partial charge in [-0.1, -0.05) is 18.2 Å². The van der Waals surface area contributed by atoms with E-state index in [2.05, 4.69) is 0 Å². The third-order valence-electron chi connectivity index (χ3n) is 2.49. The van der Waals surface area contributed by atoms with Crippen LogP contribution >= 0.6 is 0 Å². The van der Waals surface area contributed by atoms with Gasteiger partial charge in [0.2, 0.25) is 6.29 Å². The molecule has 0 bridgehead atoms. The number of ether oxygens (including phenoxy) is 2. The van der Waals surface area contributed by atoms with E-state index >= 15 is 0 Å². The Hall–Kier alpha value is -1.14. The van der Waals surface area contributed by atoms with Gasteiger partial charge in [0.25, 0.3) is 0 Å². The summed E-state index contributed by atoms with van der Waals surface area (Å²) in [4.78, 5) is 0. The quantitative estimate of drug-likeness (QED) is 0.648. The summed E-state index contributed by atoms with van der Waals surface area (Å²) in [6.07, 6.45) is -4.03. The highest BCUT2D eigenvalue weighted by atomic mass is 16.7. The molecule has 1 aromatic rings. The minimum atomic E-state index is -1.16. The number of hydrogen-bond acceptors (Lipinski definition) is 5. The largest absolute Gasteiger partial charge is 0.462 e. The Morgan fingerprint density at radius 1 is 1.12 bits per heavy atom. The van der Waals surface area contributed by atoms with Crippen LogP contribution in [0.1, 0.15) is 0 Å². The fourth-order valence-corrected chi connectivity index (χ4v) is 1.60. The molecule has 2 rings (SSSR count). The summed E-state index contributed by atoms with van der Waals surface area (Å²) in [5.41, 5.74) is 0. The summed E-state index contributed by atoms with van der Waals surface area (Å²) in [5, 5.41) is 28.0. The normalized spacial score (nSPS) is 33.9. The van der Waals surface area contributed by atoms with Crippen LogP contribution in [0.15, 0.2) is 30.3 Å². The number of rotatable bonds is 3. The maximum atomic E-state index is 9.61. The molecule has 1 aliphatic heterocycles. The van der Waals surface area contributed by atoms with Crippen LogP contribution < -0.4 is 4.74 Å². The van der Waals surface area contributed by atoms with Crippen LogP contribution in [0, 0.1) is 0 Å². The molecule has 5 heteroatoms. The molecule has 16 heavy (non-hydrogen) atoms. The maximum absolute atomic E-state index is 9.61. The molecule has 1 aromatic carbocycles. The molecular weight excluding hydrogens is 212 g/mol. The molecule has 0 radical (unpaired) electrons. The molecule has 1 fully saturated rings. The summed E-state index contributed by atoms with van der Waals surface area (Å²) < 4.78 is 10.5. The first-order valence-corrected chi connectivity index (χ1v) is 5.06. The van der Waals surface area contributed by atoms with Gasteiger partial charge in [0, 0.05) is 0 Å². The molecule has 0 aliphatic carbocycles. The fourth-order valence-electron chi connectivity index (χ4n) is 1.60. The van der Waals surface area contributed by atoms with Crippen molar-refractivity contribution in [2.24, 2.45) is 0 Å². The smallest absolute Gasteiger partial charge is 0.229 e. The van der Waals surface area contributed by atoms with E-state index in [1.807, 2.05) is 6.07 Å². The van der Waals surface area contributed by atoms with Crippen LogP contribution in [0.2, 0.25) is 0 Å². The van der Waals surface area contributed by atoms with E-state index in [9.17, 15) is 10.2 Å². The van der Waals surface area contributed by atoms with Gasteiger partial charge in [-0.25, -0.2) is 0 Å². The zero-order valence-electron chi connectivity index (χ0n) is 8.56. The van der Waals surface area contributed by atoms with Crippen LogP contribution in [0.4, 0.5) is 0 Å². The van der Waals surface area contributed by atoms with Gasteiger partial charge in [-0.05, 0) is 12.1 Å². The van der Waals surface area contributed by atoms with Gasteiger partial charge >= 0.3 is 0 Å². The molecule has 1 saturated heterocycles. The van der Waals surface area contributed by atoms with Gasteiger partial charge in [0.05, 0.1) is 6.61 Å². The van der Waals surface area contributed by atoms with Crippen LogP contribution in [0.5, 0.6) is 5.75 Å². The second kappa shape index (κ2) is 4.80. The average Bonchev–Trinajstić information content (AvgIpc) is 2.58. The topological polar surface area (TPSA) is 79.2 Å². The third-order valence-corrected chi connectivity index (χ3v) is 2.49. The van der Waals surface area contributed by atoms with Gasteiger partial charge in [-0.2, -0.15) is 0 Å². The van der Waals surface area contributed by atoms with Gasteiger partial charge in [0.1, 0.15) is 24.1 Å². The fraction of sp³-hybridized carbons (Fsp3) is 0.455. The molecule has 4 unspecified atom stereocenters. The van der Waals surface area contributed by atoms with Gasteiger partial charge in [0.15, 0.2) is 0 Å². The van der Waals surface area contributed by atoms with E-state index in [1.165, 1.54) is 0 Å². The zero-order chi connectivity index (χ0) is 11.5. The number of hydrogen-bond donors (Lipinski definition) is 3. The van der Waals surface area contributed by atoms with Crippen LogP contribution in [-0.2, 0) is 4.74 Å². The summed E-state index contributed by atoms with van der Waals surface area (Å²) >= 11 is 0. The monoisotopic (exact) mass is 226 g/mol. The predicted molar refractivity (Wildman–Crippen MR) is 54.8 cm³/mol. The van der Waals surface area contributed by atoms with E-state index in [4.69, 9.17) is 14.6 Å². The minimum Gasteiger partial charge on any atom is -0.462 e. The first-order valence-electron chi connectivity index (χ1n) is 5.06. The van der Waals surface area contributed by atoms with Gasteiger partial charge in [-0.3, -0.25) is 0 Å². The lowest BCUT2D eigenvalue weighted by molar-refractivity contribution is -0.116. The molecule has 4 atom stereocenters. The van der Waals surface area contributed by atoms with Crippen molar-refractivity contribution in [2.45, 2.75) is 24.6 Å². The second-order valence-corrected chi connectivity index (χ2v) is 3.64. The van der Waals surface area contributed by atoms with E-state index in [0.717, 1.165) is 0 Å². The Kier molecular flexibility index (Phi) is 3.40. The molecule has 0 spiro atoms. The van der Waals surface area contributed by atoms with E-state index in [0.29, 0.717) is 5.75 Å². The van der Waals surface area contributed by atoms with Crippen molar-refractivity contribution in [3.63, 3.8) is 0 Å². The molecule has 88 valence electrons. The Morgan fingerprint density at radius 3 is 2.38 bits per heavy atom. The van der Waals surface area contributed by atoms with Crippen LogP contribution in [0.25, 0.3) is 0 Å². The number of para-hydroxylation sites is 1. The number of benzene rings is 1. The second-order valence-electron chi connectivity index (χ2n) is 3.64. The average molecular weight is 226 g/mol. The molecular formula is C11H14O5. The van der Waals surface area contributed by atoms with Gasteiger partial charge < -0.3 is 24.8 Å². The highest BCUT2D eigenvalue weighted by Crippen LogP contribution is 2.24. The van der Waals surface area contributed by atoms with E-state index in [-0.39, 0.29) is 6.61 Å². The van der Waals surface area contributed by atoms with Crippen molar-refractivity contribution < 1.29 is 24.8 Å². The first kappa shape index (κ1) is 11.3. The van der Waals surface area contributed by atoms with Crippen LogP contribution in [-0.4, -0.2) is 46.5 Å². The lowest BCUT2D eigenvalue weighted by atomic mass is 10.1. The van der Waals surface area contributed by atoms with E-state index < -0.39 is 24.6 Å². The minimum absolute atomic E-state index is 0.354. The lowest BCUT2D eigenvalue weighted by Gasteiger charge is -2.16.